The van der Waals surface area contributed by atoms with Crippen LogP contribution in [0.4, 0.5) is 10.5 Å². The summed E-state index contributed by atoms with van der Waals surface area (Å²) in [5, 5.41) is 5.55. The van der Waals surface area contributed by atoms with Crippen LogP contribution in [-0.4, -0.2) is 23.6 Å². The second-order valence-corrected chi connectivity index (χ2v) is 6.37. The molecule has 0 aliphatic carbocycles. The molecule has 5 nitrogen and oxygen atoms in total. The summed E-state index contributed by atoms with van der Waals surface area (Å²) in [5.41, 5.74) is 1.53. The van der Waals surface area contributed by atoms with E-state index in [1.54, 1.807) is 20.8 Å². The molecule has 2 amide bonds. The highest BCUT2D eigenvalue weighted by molar-refractivity contribution is 5.92. The Labute approximate surface area is 132 Å². The van der Waals surface area contributed by atoms with Gasteiger partial charge in [-0.3, -0.25) is 10.1 Å². The van der Waals surface area contributed by atoms with Crippen LogP contribution in [0.2, 0.25) is 0 Å². The van der Waals surface area contributed by atoms with Crippen LogP contribution in [0.5, 0.6) is 0 Å². The fourth-order valence-corrected chi connectivity index (χ4v) is 1.88. The van der Waals surface area contributed by atoms with E-state index in [1.165, 1.54) is 5.56 Å². The Morgan fingerprint density at radius 3 is 2.27 bits per heavy atom. The van der Waals surface area contributed by atoms with E-state index in [2.05, 4.69) is 10.6 Å². The first-order chi connectivity index (χ1) is 10.2. The normalized spacial score (nSPS) is 12.4. The fourth-order valence-electron chi connectivity index (χ4n) is 1.88. The Morgan fingerprint density at radius 1 is 1.18 bits per heavy atom. The van der Waals surface area contributed by atoms with E-state index < -0.39 is 11.7 Å². The minimum atomic E-state index is -0.706. The summed E-state index contributed by atoms with van der Waals surface area (Å²) in [4.78, 5) is 23.5. The third-order valence-corrected chi connectivity index (χ3v) is 2.99. The maximum absolute atomic E-state index is 11.9. The lowest BCUT2D eigenvalue weighted by Gasteiger charge is -2.21. The van der Waals surface area contributed by atoms with Crippen molar-refractivity contribution in [2.75, 3.05) is 5.32 Å². The van der Waals surface area contributed by atoms with E-state index in [0.29, 0.717) is 0 Å². The number of nitrogens with one attached hydrogen (secondary N) is 2. The Bertz CT molecular complexity index is 504. The molecule has 0 saturated heterocycles. The van der Waals surface area contributed by atoms with Crippen LogP contribution in [0, 0.1) is 6.92 Å². The second kappa shape index (κ2) is 7.82. The molecule has 0 unspecified atom stereocenters. The molecule has 0 radical (unpaired) electrons. The zero-order valence-corrected chi connectivity index (χ0v) is 14.0. The van der Waals surface area contributed by atoms with E-state index in [4.69, 9.17) is 4.74 Å². The van der Waals surface area contributed by atoms with Gasteiger partial charge in [0.25, 0.3) is 0 Å². The van der Waals surface area contributed by atoms with Gasteiger partial charge < -0.3 is 10.1 Å². The smallest absolute Gasteiger partial charge is 0.414 e. The topological polar surface area (TPSA) is 67.4 Å². The molecule has 0 aliphatic heterocycles. The van der Waals surface area contributed by atoms with Crippen molar-refractivity contribution in [1.82, 2.24) is 5.32 Å². The number of carbonyl (C=O) groups excluding carboxylic acids is 2. The van der Waals surface area contributed by atoms with Crippen molar-refractivity contribution in [3.05, 3.63) is 29.8 Å². The van der Waals surface area contributed by atoms with E-state index in [9.17, 15) is 9.59 Å². The minimum absolute atomic E-state index is 0.0369. The van der Waals surface area contributed by atoms with Gasteiger partial charge in [-0.15, -0.1) is 0 Å². The zero-order valence-electron chi connectivity index (χ0n) is 14.0. The van der Waals surface area contributed by atoms with Gasteiger partial charge in [0.1, 0.15) is 5.60 Å². The van der Waals surface area contributed by atoms with Gasteiger partial charge in [-0.1, -0.05) is 24.6 Å². The largest absolute Gasteiger partial charge is 0.444 e. The predicted octanol–water partition coefficient (Wildman–Crippen LogP) is 3.63. The first-order valence-electron chi connectivity index (χ1n) is 7.55. The van der Waals surface area contributed by atoms with Crippen LogP contribution in [0.3, 0.4) is 0 Å². The van der Waals surface area contributed by atoms with Crippen molar-refractivity contribution < 1.29 is 14.3 Å². The quantitative estimate of drug-likeness (QED) is 0.871. The van der Waals surface area contributed by atoms with E-state index in [1.807, 2.05) is 38.1 Å². The van der Waals surface area contributed by atoms with E-state index in [0.717, 1.165) is 12.1 Å². The molecule has 5 heteroatoms. The zero-order chi connectivity index (χ0) is 16.8. The molecule has 1 atom stereocenters. The Morgan fingerprint density at radius 2 is 1.77 bits per heavy atom. The summed E-state index contributed by atoms with van der Waals surface area (Å²) in [7, 11) is 0. The number of carbonyl (C=O) groups is 2. The lowest BCUT2D eigenvalue weighted by molar-refractivity contribution is -0.120. The number of alkyl carbamates (subject to hydrolysis) is 1. The van der Waals surface area contributed by atoms with Crippen LogP contribution in [0.25, 0.3) is 0 Å². The van der Waals surface area contributed by atoms with Gasteiger partial charge >= 0.3 is 6.09 Å². The molecular formula is C17H26N2O3. The summed E-state index contributed by atoms with van der Waals surface area (Å²) in [6, 6.07) is 7.93. The maximum Gasteiger partial charge on any atom is 0.414 e. The SMILES string of the molecule is CC[C@H](CC(=O)NC(=O)OC(C)(C)C)Nc1ccc(C)cc1. The van der Waals surface area contributed by atoms with E-state index in [-0.39, 0.29) is 18.4 Å². The molecule has 0 aromatic heterocycles. The lowest BCUT2D eigenvalue weighted by atomic mass is 10.1. The molecule has 1 rings (SSSR count). The lowest BCUT2D eigenvalue weighted by Crippen LogP contribution is -2.38. The van der Waals surface area contributed by atoms with Gasteiger partial charge in [0.05, 0.1) is 0 Å². The average Bonchev–Trinajstić information content (AvgIpc) is 2.38. The molecule has 122 valence electrons. The molecule has 1 aromatic rings. The summed E-state index contributed by atoms with van der Waals surface area (Å²) in [6.07, 6.45) is 0.280. The van der Waals surface area contributed by atoms with Gasteiger partial charge in [0.15, 0.2) is 0 Å². The van der Waals surface area contributed by atoms with Gasteiger partial charge in [-0.25, -0.2) is 4.79 Å². The number of ether oxygens (including phenoxy) is 1. The highest BCUT2D eigenvalue weighted by Crippen LogP contribution is 2.13. The van der Waals surface area contributed by atoms with Gasteiger partial charge in [-0.05, 0) is 46.2 Å². The molecule has 1 aromatic carbocycles. The third kappa shape index (κ3) is 7.11. The first-order valence-corrected chi connectivity index (χ1v) is 7.55. The van der Waals surface area contributed by atoms with Gasteiger partial charge in [0.2, 0.25) is 5.91 Å². The number of amides is 2. The standard InChI is InChI=1S/C17H26N2O3/c1-6-13(18-14-9-7-12(2)8-10-14)11-15(20)19-16(21)22-17(3,4)5/h7-10,13,18H,6,11H2,1-5H3,(H,19,20,21)/t13-/m1/s1. The molecule has 22 heavy (non-hydrogen) atoms. The molecule has 2 N–H and O–H groups in total. The minimum Gasteiger partial charge on any atom is -0.444 e. The molecular weight excluding hydrogens is 280 g/mol. The number of rotatable bonds is 5. The van der Waals surface area contributed by atoms with Crippen molar-refractivity contribution >= 4 is 17.7 Å². The van der Waals surface area contributed by atoms with E-state index >= 15 is 0 Å². The Kier molecular flexibility index (Phi) is 6.40. The van der Waals surface area contributed by atoms with Crippen molar-refractivity contribution in [2.45, 2.75) is 59.1 Å². The van der Waals surface area contributed by atoms with Crippen LogP contribution >= 0.6 is 0 Å². The average molecular weight is 306 g/mol. The number of aryl methyl sites for hydroxylation is 1. The first kappa shape index (κ1) is 18.0. The van der Waals surface area contributed by atoms with Crippen molar-refractivity contribution in [3.63, 3.8) is 0 Å². The highest BCUT2D eigenvalue weighted by Gasteiger charge is 2.19. The van der Waals surface area contributed by atoms with Gasteiger partial charge in [0, 0.05) is 18.2 Å². The molecule has 0 aliphatic rings. The van der Waals surface area contributed by atoms with Crippen LogP contribution in [0.1, 0.15) is 46.1 Å². The maximum atomic E-state index is 11.9. The fraction of sp³-hybridized carbons (Fsp3) is 0.529. The van der Waals surface area contributed by atoms with Crippen LogP contribution in [-0.2, 0) is 9.53 Å². The van der Waals surface area contributed by atoms with Crippen LogP contribution < -0.4 is 10.6 Å². The Balaban J connectivity index is 2.49. The number of imide groups is 1. The summed E-state index contributed by atoms with van der Waals surface area (Å²) in [5.74, 6) is -0.347. The summed E-state index contributed by atoms with van der Waals surface area (Å²) in [6.45, 7) is 9.28. The summed E-state index contributed by atoms with van der Waals surface area (Å²) >= 11 is 0. The molecule has 0 bridgehead atoms. The molecule has 0 fully saturated rings. The van der Waals surface area contributed by atoms with Crippen molar-refractivity contribution in [3.8, 4) is 0 Å². The van der Waals surface area contributed by atoms with Gasteiger partial charge in [-0.2, -0.15) is 0 Å². The Hall–Kier alpha value is -2.04. The van der Waals surface area contributed by atoms with Crippen LogP contribution in [0.15, 0.2) is 24.3 Å². The molecule has 0 saturated carbocycles. The number of hydrogen-bond donors (Lipinski definition) is 2. The molecule has 0 heterocycles. The van der Waals surface area contributed by atoms with Crippen molar-refractivity contribution in [2.24, 2.45) is 0 Å². The number of benzene rings is 1. The monoisotopic (exact) mass is 306 g/mol. The highest BCUT2D eigenvalue weighted by atomic mass is 16.6. The third-order valence-electron chi connectivity index (χ3n) is 2.99. The summed E-state index contributed by atoms with van der Waals surface area (Å²) < 4.78 is 5.06. The number of hydrogen-bond acceptors (Lipinski definition) is 4. The molecule has 0 spiro atoms. The number of anilines is 1. The predicted molar refractivity (Wildman–Crippen MR) is 87.9 cm³/mol. The van der Waals surface area contributed by atoms with Crippen molar-refractivity contribution in [1.29, 1.82) is 0 Å². The second-order valence-electron chi connectivity index (χ2n) is 6.37.